The zero-order chi connectivity index (χ0) is 16.0. The van der Waals surface area contributed by atoms with Crippen molar-refractivity contribution in [1.82, 2.24) is 0 Å². The molecule has 0 saturated carbocycles. The Morgan fingerprint density at radius 2 is 1.52 bits per heavy atom. The molecule has 0 spiro atoms. The molecule has 7 heteroatoms. The lowest BCUT2D eigenvalue weighted by atomic mass is 10.2. The molecule has 1 aromatic carbocycles. The molecule has 0 aliphatic carbocycles. The van der Waals surface area contributed by atoms with Crippen LogP contribution in [0.1, 0.15) is 33.3 Å². The van der Waals surface area contributed by atoms with Gasteiger partial charge in [0.15, 0.2) is 0 Å². The monoisotopic (exact) mass is 382 g/mol. The van der Waals surface area contributed by atoms with Gasteiger partial charge in [0, 0.05) is 6.92 Å². The van der Waals surface area contributed by atoms with E-state index in [1.807, 2.05) is 27.7 Å². The van der Waals surface area contributed by atoms with Crippen LogP contribution in [0.25, 0.3) is 0 Å². The van der Waals surface area contributed by atoms with Crippen molar-refractivity contribution in [1.29, 1.82) is 0 Å². The number of aryl methyl sites for hydroxylation is 1. The van der Waals surface area contributed by atoms with E-state index in [9.17, 15) is 13.2 Å². The summed E-state index contributed by atoms with van der Waals surface area (Å²) in [4.78, 5) is 10.4. The van der Waals surface area contributed by atoms with Crippen molar-refractivity contribution in [2.75, 3.05) is 7.11 Å². The summed E-state index contributed by atoms with van der Waals surface area (Å²) in [6.07, 6.45) is 0. The van der Waals surface area contributed by atoms with Crippen LogP contribution in [-0.4, -0.2) is 27.1 Å². The highest BCUT2D eigenvalue weighted by Gasteiger charge is 2.12. The molecule has 0 heterocycles. The third kappa shape index (κ3) is 10.4. The van der Waals surface area contributed by atoms with Crippen molar-refractivity contribution < 1.29 is 22.1 Å². The third-order valence-electron chi connectivity index (χ3n) is 1.98. The first-order valence-corrected chi connectivity index (χ1v) is 7.45. The van der Waals surface area contributed by atoms with Crippen molar-refractivity contribution in [3.63, 3.8) is 0 Å². The predicted octanol–water partition coefficient (Wildman–Crippen LogP) is 3.26. The van der Waals surface area contributed by atoms with Gasteiger partial charge < -0.3 is 4.74 Å². The highest BCUT2D eigenvalue weighted by molar-refractivity contribution is 8.93. The molecule has 21 heavy (non-hydrogen) atoms. The lowest BCUT2D eigenvalue weighted by Gasteiger charge is -2.17. The maximum Gasteiger partial charge on any atom is 0.303 e. The normalized spacial score (nSPS) is 10.8. The maximum absolute atomic E-state index is 11.1. The fraction of sp³-hybridized carbons (Fsp3) is 0.500. The molecule has 0 saturated heterocycles. The molecule has 0 aromatic heterocycles. The molecule has 0 unspecified atom stereocenters. The minimum atomic E-state index is -3.51. The largest absolute Gasteiger partial charge is 0.460 e. The molecule has 122 valence electrons. The maximum atomic E-state index is 11.1. The number of carbonyl (C=O) groups is 1. The Balaban J connectivity index is 0. The van der Waals surface area contributed by atoms with Gasteiger partial charge in [-0.2, -0.15) is 8.42 Å². The van der Waals surface area contributed by atoms with E-state index in [2.05, 4.69) is 4.18 Å². The quantitative estimate of drug-likeness (QED) is 0.579. The van der Waals surface area contributed by atoms with Crippen molar-refractivity contribution in [2.24, 2.45) is 0 Å². The molecule has 0 amide bonds. The molecular formula is C14H23BrO5S. The van der Waals surface area contributed by atoms with Crippen LogP contribution in [-0.2, 0) is 23.8 Å². The molecular weight excluding hydrogens is 360 g/mol. The highest BCUT2D eigenvalue weighted by Crippen LogP contribution is 2.11. The number of halogens is 1. The second kappa shape index (κ2) is 9.17. The molecule has 1 rings (SSSR count). The standard InChI is InChI=1S/C8H10O3S.C6H12O2.BrH/c1-7-3-5-8(6-4-7)12(9,10)11-2;1-5(7)8-6(2,3)4;/h3-6H,1-2H3;1-4H3;1H. The molecule has 5 nitrogen and oxygen atoms in total. The summed E-state index contributed by atoms with van der Waals surface area (Å²) in [6.45, 7) is 8.83. The number of ether oxygens (including phenoxy) is 1. The van der Waals surface area contributed by atoms with E-state index >= 15 is 0 Å². The first-order chi connectivity index (χ1) is 8.98. The summed E-state index contributed by atoms with van der Waals surface area (Å²) in [5.74, 6) is -0.225. The lowest BCUT2D eigenvalue weighted by molar-refractivity contribution is -0.151. The van der Waals surface area contributed by atoms with Crippen molar-refractivity contribution in [3.05, 3.63) is 29.8 Å². The molecule has 0 N–H and O–H groups in total. The van der Waals surface area contributed by atoms with E-state index in [-0.39, 0.29) is 33.4 Å². The fourth-order valence-electron chi connectivity index (χ4n) is 1.23. The molecule has 0 bridgehead atoms. The van der Waals surface area contributed by atoms with Crippen LogP contribution in [0.3, 0.4) is 0 Å². The average molecular weight is 383 g/mol. The highest BCUT2D eigenvalue weighted by atomic mass is 79.9. The number of benzene rings is 1. The summed E-state index contributed by atoms with van der Waals surface area (Å²) >= 11 is 0. The average Bonchev–Trinajstić information content (AvgIpc) is 2.27. The molecule has 0 aliphatic heterocycles. The Morgan fingerprint density at radius 3 is 1.76 bits per heavy atom. The lowest BCUT2D eigenvalue weighted by Crippen LogP contribution is -2.21. The smallest absolute Gasteiger partial charge is 0.303 e. The van der Waals surface area contributed by atoms with Gasteiger partial charge in [-0.15, -0.1) is 17.0 Å². The molecule has 0 atom stereocenters. The zero-order valence-electron chi connectivity index (χ0n) is 13.2. The molecule has 0 fully saturated rings. The number of hydrogen-bond donors (Lipinski definition) is 0. The SMILES string of the molecule is Br.CC(=O)OC(C)(C)C.COS(=O)(=O)c1ccc(C)cc1. The number of rotatable bonds is 2. The van der Waals surface area contributed by atoms with Crippen LogP contribution < -0.4 is 0 Å². The third-order valence-corrected chi connectivity index (χ3v) is 3.27. The van der Waals surface area contributed by atoms with Crippen LogP contribution in [0.2, 0.25) is 0 Å². The first kappa shape index (κ1) is 22.4. The second-order valence-electron chi connectivity index (χ2n) is 5.14. The Kier molecular flexibility index (Phi) is 9.76. The summed E-state index contributed by atoms with van der Waals surface area (Å²) in [5, 5.41) is 0. The number of carbonyl (C=O) groups excluding carboxylic acids is 1. The zero-order valence-corrected chi connectivity index (χ0v) is 15.7. The number of esters is 1. The Morgan fingerprint density at radius 1 is 1.10 bits per heavy atom. The summed E-state index contributed by atoms with van der Waals surface area (Å²) in [7, 11) is -2.37. The van der Waals surface area contributed by atoms with Gasteiger partial charge in [0.1, 0.15) is 5.60 Å². The molecule has 0 radical (unpaired) electrons. The predicted molar refractivity (Wildman–Crippen MR) is 87.2 cm³/mol. The number of hydrogen-bond acceptors (Lipinski definition) is 5. The van der Waals surface area contributed by atoms with Gasteiger partial charge in [-0.25, -0.2) is 0 Å². The second-order valence-corrected chi connectivity index (χ2v) is 6.85. The van der Waals surface area contributed by atoms with Gasteiger partial charge in [0.2, 0.25) is 0 Å². The summed E-state index contributed by atoms with van der Waals surface area (Å²) in [5.41, 5.74) is 0.691. The Hall–Kier alpha value is -0.920. The fourth-order valence-corrected chi connectivity index (χ4v) is 1.89. The molecule has 1 aromatic rings. The topological polar surface area (TPSA) is 69.7 Å². The van der Waals surface area contributed by atoms with Crippen LogP contribution in [0.4, 0.5) is 0 Å². The van der Waals surface area contributed by atoms with Crippen molar-refractivity contribution >= 4 is 33.1 Å². The summed E-state index contributed by atoms with van der Waals surface area (Å²) in [6, 6.07) is 6.50. The van der Waals surface area contributed by atoms with E-state index in [4.69, 9.17) is 4.74 Å². The van der Waals surface area contributed by atoms with Crippen LogP contribution in [0.5, 0.6) is 0 Å². The van der Waals surface area contributed by atoms with Gasteiger partial charge in [0.25, 0.3) is 10.1 Å². The first-order valence-electron chi connectivity index (χ1n) is 6.05. The van der Waals surface area contributed by atoms with Gasteiger partial charge in [-0.05, 0) is 39.8 Å². The van der Waals surface area contributed by atoms with Crippen LogP contribution in [0.15, 0.2) is 29.2 Å². The van der Waals surface area contributed by atoms with Gasteiger partial charge >= 0.3 is 5.97 Å². The van der Waals surface area contributed by atoms with Crippen LogP contribution >= 0.6 is 17.0 Å². The Labute approximate surface area is 137 Å². The van der Waals surface area contributed by atoms with Gasteiger partial charge in [0.05, 0.1) is 12.0 Å². The van der Waals surface area contributed by atoms with E-state index in [0.29, 0.717) is 0 Å². The minimum absolute atomic E-state index is 0. The van der Waals surface area contributed by atoms with E-state index in [0.717, 1.165) is 12.7 Å². The van der Waals surface area contributed by atoms with Gasteiger partial charge in [-0.1, -0.05) is 17.7 Å². The van der Waals surface area contributed by atoms with Gasteiger partial charge in [-0.3, -0.25) is 8.98 Å². The minimum Gasteiger partial charge on any atom is -0.460 e. The van der Waals surface area contributed by atoms with Crippen molar-refractivity contribution in [3.8, 4) is 0 Å². The molecule has 0 aliphatic rings. The summed E-state index contributed by atoms with van der Waals surface area (Å²) < 4.78 is 31.3. The van der Waals surface area contributed by atoms with E-state index in [1.54, 1.807) is 12.1 Å². The van der Waals surface area contributed by atoms with Crippen molar-refractivity contribution in [2.45, 2.75) is 45.1 Å². The Bertz CT molecular complexity index is 529. The van der Waals surface area contributed by atoms with E-state index < -0.39 is 10.1 Å². The van der Waals surface area contributed by atoms with Crippen LogP contribution in [0, 0.1) is 6.92 Å². The van der Waals surface area contributed by atoms with E-state index in [1.165, 1.54) is 19.1 Å².